The Balaban J connectivity index is 1.16. The van der Waals surface area contributed by atoms with Gasteiger partial charge in [-0.1, -0.05) is 18.2 Å². The van der Waals surface area contributed by atoms with E-state index in [4.69, 9.17) is 4.74 Å². The van der Waals surface area contributed by atoms with Gasteiger partial charge in [0.15, 0.2) is 6.61 Å². The standard InChI is InChI=1S/C24H19NO5S/c26-18(19-2-1-9-31-19)11-30-24(29)12-3-5-13(6-4-12)25-22(27)20-14-7-8-15(17-10-16(14)17)21(20)23(25)28/h1-9,14-17,20-21H,10-11H2/t14-,15-,16-,17+,20-,21+/m0/s1. The Morgan fingerprint density at radius 3 is 2.19 bits per heavy atom. The van der Waals surface area contributed by atoms with Crippen molar-refractivity contribution in [1.29, 1.82) is 0 Å². The largest absolute Gasteiger partial charge is 0.454 e. The Labute approximate surface area is 182 Å². The van der Waals surface area contributed by atoms with Crippen molar-refractivity contribution in [1.82, 2.24) is 0 Å². The molecule has 0 radical (unpaired) electrons. The Morgan fingerprint density at radius 1 is 0.968 bits per heavy atom. The molecule has 1 aliphatic heterocycles. The number of carbonyl (C=O) groups excluding carboxylic acids is 4. The van der Waals surface area contributed by atoms with Gasteiger partial charge in [0.25, 0.3) is 0 Å². The molecule has 31 heavy (non-hydrogen) atoms. The number of hydrogen-bond donors (Lipinski definition) is 0. The van der Waals surface area contributed by atoms with Gasteiger partial charge in [-0.05, 0) is 65.8 Å². The average molecular weight is 433 g/mol. The van der Waals surface area contributed by atoms with Crippen LogP contribution in [-0.4, -0.2) is 30.2 Å². The zero-order chi connectivity index (χ0) is 21.3. The fraction of sp³-hybridized carbons (Fsp3) is 0.333. The van der Waals surface area contributed by atoms with Crippen molar-refractivity contribution in [3.05, 3.63) is 64.4 Å². The molecule has 1 saturated heterocycles. The first-order valence-corrected chi connectivity index (χ1v) is 11.3. The maximum atomic E-state index is 13.2. The summed E-state index contributed by atoms with van der Waals surface area (Å²) in [6.07, 6.45) is 5.41. The normalized spacial score (nSPS) is 32.1. The molecule has 0 spiro atoms. The molecule has 1 aromatic heterocycles. The maximum Gasteiger partial charge on any atom is 0.338 e. The lowest BCUT2D eigenvalue weighted by Crippen LogP contribution is -2.40. The smallest absolute Gasteiger partial charge is 0.338 e. The van der Waals surface area contributed by atoms with Crippen LogP contribution in [0.5, 0.6) is 0 Å². The van der Waals surface area contributed by atoms with Crippen LogP contribution < -0.4 is 4.90 Å². The molecule has 0 unspecified atom stereocenters. The maximum absolute atomic E-state index is 13.2. The molecule has 2 amide bonds. The number of esters is 1. The monoisotopic (exact) mass is 433 g/mol. The van der Waals surface area contributed by atoms with E-state index in [2.05, 4.69) is 12.2 Å². The molecule has 2 bridgehead atoms. The summed E-state index contributed by atoms with van der Waals surface area (Å²) in [6.45, 7) is -0.328. The van der Waals surface area contributed by atoms with Crippen molar-refractivity contribution in [2.75, 3.05) is 11.5 Å². The van der Waals surface area contributed by atoms with Gasteiger partial charge in [-0.15, -0.1) is 11.3 Å². The van der Waals surface area contributed by atoms with Crippen LogP contribution in [0.1, 0.15) is 26.5 Å². The molecule has 3 fully saturated rings. The number of thiophene rings is 1. The van der Waals surface area contributed by atoms with Crippen LogP contribution in [0.3, 0.4) is 0 Å². The predicted molar refractivity (Wildman–Crippen MR) is 113 cm³/mol. The first-order valence-electron chi connectivity index (χ1n) is 10.4. The molecule has 7 rings (SSSR count). The molecule has 1 aromatic carbocycles. The zero-order valence-electron chi connectivity index (χ0n) is 16.5. The Morgan fingerprint density at radius 2 is 1.61 bits per heavy atom. The predicted octanol–water partition coefficient (Wildman–Crippen LogP) is 3.35. The summed E-state index contributed by atoms with van der Waals surface area (Å²) in [6, 6.07) is 9.70. The summed E-state index contributed by atoms with van der Waals surface area (Å²) in [7, 11) is 0. The third kappa shape index (κ3) is 2.76. The minimum absolute atomic E-state index is 0.128. The lowest BCUT2D eigenvalue weighted by atomic mass is 9.63. The minimum Gasteiger partial charge on any atom is -0.454 e. The van der Waals surface area contributed by atoms with Gasteiger partial charge in [-0.25, -0.2) is 4.79 Å². The highest BCUT2D eigenvalue weighted by Gasteiger charge is 2.67. The van der Waals surface area contributed by atoms with Gasteiger partial charge in [-0.3, -0.25) is 19.3 Å². The topological polar surface area (TPSA) is 80.8 Å². The molecular weight excluding hydrogens is 414 g/mol. The number of carbonyl (C=O) groups is 4. The molecule has 2 saturated carbocycles. The molecule has 2 heterocycles. The third-order valence-corrected chi connectivity index (χ3v) is 8.07. The van der Waals surface area contributed by atoms with E-state index in [0.717, 1.165) is 6.42 Å². The van der Waals surface area contributed by atoms with Gasteiger partial charge in [0.05, 0.1) is 28.0 Å². The summed E-state index contributed by atoms with van der Waals surface area (Å²) in [5, 5.41) is 1.79. The SMILES string of the molecule is O=C(OCC(=O)c1cccs1)c1ccc(N2C(=O)[C@@H]3[C@H]4C=C[C@@H]([C@@H]5C[C@H]45)[C@@H]3C2=O)cc1. The quantitative estimate of drug-likeness (QED) is 0.313. The van der Waals surface area contributed by atoms with Crippen LogP contribution in [-0.2, 0) is 14.3 Å². The molecule has 6 nitrogen and oxygen atoms in total. The second kappa shape index (κ2) is 6.72. The average Bonchev–Trinajstić information content (AvgIpc) is 3.36. The number of Topliss-reactive ketones (excluding diaryl/α,β-unsaturated/α-hetero) is 1. The number of anilines is 1. The van der Waals surface area contributed by atoms with Crippen molar-refractivity contribution in [3.8, 4) is 0 Å². The highest BCUT2D eigenvalue weighted by Crippen LogP contribution is 2.65. The van der Waals surface area contributed by atoms with Gasteiger partial charge in [0.2, 0.25) is 17.6 Å². The van der Waals surface area contributed by atoms with Crippen LogP contribution in [0, 0.1) is 35.5 Å². The van der Waals surface area contributed by atoms with Crippen molar-refractivity contribution in [2.24, 2.45) is 35.5 Å². The second-order valence-electron chi connectivity index (χ2n) is 8.69. The first-order chi connectivity index (χ1) is 15.0. The van der Waals surface area contributed by atoms with Gasteiger partial charge >= 0.3 is 5.97 Å². The van der Waals surface area contributed by atoms with E-state index in [1.807, 2.05) is 0 Å². The summed E-state index contributed by atoms with van der Waals surface area (Å²) in [5.74, 6) is -0.160. The number of rotatable bonds is 5. The van der Waals surface area contributed by atoms with Crippen LogP contribution in [0.2, 0.25) is 0 Å². The molecule has 2 aromatic rings. The Kier molecular flexibility index (Phi) is 4.05. The molecule has 156 valence electrons. The van der Waals surface area contributed by atoms with Crippen molar-refractivity contribution in [3.63, 3.8) is 0 Å². The van der Waals surface area contributed by atoms with Crippen molar-refractivity contribution >= 4 is 40.6 Å². The third-order valence-electron chi connectivity index (χ3n) is 7.15. The molecule has 0 N–H and O–H groups in total. The van der Waals surface area contributed by atoms with E-state index >= 15 is 0 Å². The van der Waals surface area contributed by atoms with E-state index < -0.39 is 5.97 Å². The Bertz CT molecular complexity index is 1100. The fourth-order valence-corrected chi connectivity index (χ4v) is 6.33. The molecule has 4 aliphatic carbocycles. The molecule has 6 atom stereocenters. The first kappa shape index (κ1) is 18.7. The fourth-order valence-electron chi connectivity index (χ4n) is 5.68. The van der Waals surface area contributed by atoms with Crippen LogP contribution in [0.4, 0.5) is 5.69 Å². The Hall–Kier alpha value is -3.06. The summed E-state index contributed by atoms with van der Waals surface area (Å²) >= 11 is 1.30. The number of hydrogen-bond acceptors (Lipinski definition) is 6. The number of imide groups is 1. The number of nitrogens with zero attached hydrogens (tertiary/aromatic N) is 1. The van der Waals surface area contributed by atoms with Gasteiger partial charge in [0.1, 0.15) is 0 Å². The lowest BCUT2D eigenvalue weighted by Gasteiger charge is -2.37. The highest BCUT2D eigenvalue weighted by molar-refractivity contribution is 7.12. The van der Waals surface area contributed by atoms with Crippen LogP contribution in [0.15, 0.2) is 53.9 Å². The zero-order valence-corrected chi connectivity index (χ0v) is 17.3. The molecular formula is C24H19NO5S. The summed E-state index contributed by atoms with van der Waals surface area (Å²) < 4.78 is 5.11. The number of benzene rings is 1. The van der Waals surface area contributed by atoms with Crippen LogP contribution in [0.25, 0.3) is 0 Å². The van der Waals surface area contributed by atoms with Crippen LogP contribution >= 0.6 is 11.3 Å². The summed E-state index contributed by atoms with van der Waals surface area (Å²) in [4.78, 5) is 52.4. The van der Waals surface area contributed by atoms with E-state index in [1.54, 1.807) is 29.6 Å². The molecule has 7 heteroatoms. The molecule has 5 aliphatic rings. The van der Waals surface area contributed by atoms with Gasteiger partial charge < -0.3 is 4.74 Å². The lowest BCUT2D eigenvalue weighted by molar-refractivity contribution is -0.124. The number of ether oxygens (including phenoxy) is 1. The van der Waals surface area contributed by atoms with Crippen molar-refractivity contribution < 1.29 is 23.9 Å². The van der Waals surface area contributed by atoms with E-state index in [1.165, 1.54) is 28.4 Å². The second-order valence-corrected chi connectivity index (χ2v) is 9.64. The minimum atomic E-state index is -0.619. The number of amides is 2. The van der Waals surface area contributed by atoms with E-state index in [0.29, 0.717) is 22.4 Å². The number of allylic oxidation sites excluding steroid dienone is 2. The number of ketones is 1. The van der Waals surface area contributed by atoms with Gasteiger partial charge in [0, 0.05) is 0 Å². The van der Waals surface area contributed by atoms with Gasteiger partial charge in [-0.2, -0.15) is 0 Å². The highest BCUT2D eigenvalue weighted by atomic mass is 32.1. The van der Waals surface area contributed by atoms with E-state index in [-0.39, 0.29) is 53.4 Å². The van der Waals surface area contributed by atoms with Crippen molar-refractivity contribution in [2.45, 2.75) is 6.42 Å². The van der Waals surface area contributed by atoms with E-state index in [9.17, 15) is 19.2 Å². The summed E-state index contributed by atoms with van der Waals surface area (Å²) in [5.41, 5.74) is 0.742.